The van der Waals surface area contributed by atoms with Crippen LogP contribution >= 0.6 is 23.2 Å². The van der Waals surface area contributed by atoms with Crippen molar-refractivity contribution >= 4 is 23.2 Å². The zero-order chi connectivity index (χ0) is 14.9. The Hall–Kier alpha value is -0.320. The van der Waals surface area contributed by atoms with Crippen molar-refractivity contribution in [2.75, 3.05) is 26.9 Å². The molecule has 1 aromatic carbocycles. The van der Waals surface area contributed by atoms with Crippen molar-refractivity contribution in [3.63, 3.8) is 0 Å². The van der Waals surface area contributed by atoms with Crippen LogP contribution in [0.5, 0.6) is 0 Å². The highest BCUT2D eigenvalue weighted by atomic mass is 35.5. The molecular formula is C16H21Cl2NO2. The van der Waals surface area contributed by atoms with Crippen molar-refractivity contribution in [2.45, 2.75) is 30.9 Å². The largest absolute Gasteiger partial charge is 0.378 e. The van der Waals surface area contributed by atoms with Crippen LogP contribution < -0.4 is 5.32 Å². The van der Waals surface area contributed by atoms with Crippen molar-refractivity contribution in [3.05, 3.63) is 33.8 Å². The lowest BCUT2D eigenvalue weighted by molar-refractivity contribution is -0.103. The average Bonchev–Trinajstić information content (AvgIpc) is 2.86. The van der Waals surface area contributed by atoms with E-state index in [0.717, 1.165) is 44.6 Å². The predicted octanol–water partition coefficient (Wildman–Crippen LogP) is 3.84. The maximum absolute atomic E-state index is 6.15. The lowest BCUT2D eigenvalue weighted by Crippen LogP contribution is -2.43. The molecule has 2 aliphatic heterocycles. The third kappa shape index (κ3) is 3.38. The van der Waals surface area contributed by atoms with Crippen LogP contribution in [0, 0.1) is 5.92 Å². The molecule has 0 saturated carbocycles. The lowest BCUT2D eigenvalue weighted by atomic mass is 9.79. The van der Waals surface area contributed by atoms with Crippen molar-refractivity contribution in [1.29, 1.82) is 0 Å². The van der Waals surface area contributed by atoms with Crippen LogP contribution in [0.4, 0.5) is 0 Å². The van der Waals surface area contributed by atoms with Gasteiger partial charge in [-0.3, -0.25) is 0 Å². The second-order valence-electron chi connectivity index (χ2n) is 6.06. The molecule has 0 amide bonds. The molecule has 5 heteroatoms. The van der Waals surface area contributed by atoms with Gasteiger partial charge in [0.2, 0.25) is 0 Å². The van der Waals surface area contributed by atoms with E-state index in [1.54, 1.807) is 6.07 Å². The molecule has 2 saturated heterocycles. The molecule has 1 aromatic rings. The molecule has 1 N–H and O–H groups in total. The topological polar surface area (TPSA) is 30.5 Å². The van der Waals surface area contributed by atoms with Gasteiger partial charge in [0.05, 0.1) is 12.2 Å². The van der Waals surface area contributed by atoms with Crippen LogP contribution in [0.15, 0.2) is 18.2 Å². The number of benzene rings is 1. The van der Waals surface area contributed by atoms with Crippen LogP contribution in [0.3, 0.4) is 0 Å². The molecule has 3 atom stereocenters. The highest BCUT2D eigenvalue weighted by Gasteiger charge is 2.43. The molecule has 3 nitrogen and oxygen atoms in total. The van der Waals surface area contributed by atoms with Crippen molar-refractivity contribution < 1.29 is 9.47 Å². The maximum atomic E-state index is 6.15. The Morgan fingerprint density at radius 2 is 2.00 bits per heavy atom. The van der Waals surface area contributed by atoms with E-state index in [9.17, 15) is 0 Å². The monoisotopic (exact) mass is 329 g/mol. The molecule has 3 unspecified atom stereocenters. The van der Waals surface area contributed by atoms with E-state index in [1.165, 1.54) is 0 Å². The summed E-state index contributed by atoms with van der Waals surface area (Å²) in [5, 5.41) is 4.80. The highest BCUT2D eigenvalue weighted by Crippen LogP contribution is 2.41. The molecular weight excluding hydrogens is 309 g/mol. The molecule has 3 rings (SSSR count). The first kappa shape index (κ1) is 15.6. The summed E-state index contributed by atoms with van der Waals surface area (Å²) in [6.07, 6.45) is 3.05. The molecule has 2 aliphatic rings. The molecule has 0 aliphatic carbocycles. The number of ether oxygens (including phenoxy) is 2. The number of halogens is 2. The van der Waals surface area contributed by atoms with Gasteiger partial charge in [0.15, 0.2) is 0 Å². The second kappa shape index (κ2) is 6.43. The second-order valence-corrected chi connectivity index (χ2v) is 6.93. The van der Waals surface area contributed by atoms with Gasteiger partial charge in [-0.2, -0.15) is 0 Å². The van der Waals surface area contributed by atoms with Gasteiger partial charge in [-0.05, 0) is 49.6 Å². The van der Waals surface area contributed by atoms with E-state index < -0.39 is 0 Å². The van der Waals surface area contributed by atoms with E-state index in [4.69, 9.17) is 32.7 Å². The van der Waals surface area contributed by atoms with Crippen LogP contribution in [-0.2, 0) is 9.47 Å². The summed E-state index contributed by atoms with van der Waals surface area (Å²) in [6, 6.07) is 6.02. The fraction of sp³-hybridized carbons (Fsp3) is 0.625. The fourth-order valence-electron chi connectivity index (χ4n) is 3.64. The molecule has 116 valence electrons. The van der Waals surface area contributed by atoms with Crippen LogP contribution in [0.25, 0.3) is 0 Å². The minimum atomic E-state index is -0.0830. The summed E-state index contributed by atoms with van der Waals surface area (Å²) < 4.78 is 11.6. The van der Waals surface area contributed by atoms with Gasteiger partial charge in [-0.1, -0.05) is 23.2 Å². The number of hydrogen-bond acceptors (Lipinski definition) is 3. The standard InChI is InChI=1S/C16H21Cl2NO2/c1-19-15(12-6-13(17)8-14(18)7-12)11-2-4-21-16(9-11)3-5-20-10-16/h6-8,11,15,19H,2-5,9-10H2,1H3. The maximum Gasteiger partial charge on any atom is 0.0940 e. The summed E-state index contributed by atoms with van der Waals surface area (Å²) >= 11 is 12.3. The van der Waals surface area contributed by atoms with Crippen molar-refractivity contribution in [1.82, 2.24) is 5.32 Å². The number of rotatable bonds is 3. The van der Waals surface area contributed by atoms with Gasteiger partial charge in [0, 0.05) is 35.7 Å². The van der Waals surface area contributed by atoms with E-state index in [-0.39, 0.29) is 11.6 Å². The first-order valence-electron chi connectivity index (χ1n) is 7.47. The van der Waals surface area contributed by atoms with Crippen LogP contribution in [0.2, 0.25) is 10.0 Å². The molecule has 1 spiro atoms. The normalized spacial score (nSPS) is 30.7. The average molecular weight is 330 g/mol. The van der Waals surface area contributed by atoms with Crippen molar-refractivity contribution in [3.8, 4) is 0 Å². The summed E-state index contributed by atoms with van der Waals surface area (Å²) in [6.45, 7) is 2.32. The zero-order valence-corrected chi connectivity index (χ0v) is 13.7. The summed E-state index contributed by atoms with van der Waals surface area (Å²) in [7, 11) is 1.99. The van der Waals surface area contributed by atoms with Gasteiger partial charge >= 0.3 is 0 Å². The Balaban J connectivity index is 1.82. The van der Waals surface area contributed by atoms with Gasteiger partial charge in [-0.15, -0.1) is 0 Å². The van der Waals surface area contributed by atoms with E-state index in [1.807, 2.05) is 19.2 Å². The Bertz CT molecular complexity index is 483. The van der Waals surface area contributed by atoms with Gasteiger partial charge in [-0.25, -0.2) is 0 Å². The fourth-order valence-corrected chi connectivity index (χ4v) is 4.19. The van der Waals surface area contributed by atoms with E-state index in [2.05, 4.69) is 5.32 Å². The van der Waals surface area contributed by atoms with Gasteiger partial charge < -0.3 is 14.8 Å². The highest BCUT2D eigenvalue weighted by molar-refractivity contribution is 6.34. The van der Waals surface area contributed by atoms with Gasteiger partial charge in [0.25, 0.3) is 0 Å². The summed E-state index contributed by atoms with van der Waals surface area (Å²) in [5.74, 6) is 0.500. The predicted molar refractivity (Wildman–Crippen MR) is 85.1 cm³/mol. The van der Waals surface area contributed by atoms with Crippen LogP contribution in [0.1, 0.15) is 30.9 Å². The summed E-state index contributed by atoms with van der Waals surface area (Å²) in [4.78, 5) is 0. The Morgan fingerprint density at radius 1 is 1.24 bits per heavy atom. The molecule has 0 radical (unpaired) electrons. The van der Waals surface area contributed by atoms with Gasteiger partial charge in [0.1, 0.15) is 0 Å². The number of nitrogens with one attached hydrogen (secondary N) is 1. The quantitative estimate of drug-likeness (QED) is 0.913. The molecule has 2 heterocycles. The first-order valence-corrected chi connectivity index (χ1v) is 8.22. The minimum absolute atomic E-state index is 0.0830. The Kier molecular flexibility index (Phi) is 4.77. The van der Waals surface area contributed by atoms with Crippen molar-refractivity contribution in [2.24, 2.45) is 5.92 Å². The Morgan fingerprint density at radius 3 is 2.62 bits per heavy atom. The lowest BCUT2D eigenvalue weighted by Gasteiger charge is -2.40. The smallest absolute Gasteiger partial charge is 0.0940 e. The number of hydrogen-bond donors (Lipinski definition) is 1. The third-order valence-electron chi connectivity index (χ3n) is 4.62. The zero-order valence-electron chi connectivity index (χ0n) is 12.2. The molecule has 0 aromatic heterocycles. The summed E-state index contributed by atoms with van der Waals surface area (Å²) in [5.41, 5.74) is 1.07. The molecule has 2 fully saturated rings. The molecule has 0 bridgehead atoms. The van der Waals surface area contributed by atoms with E-state index >= 15 is 0 Å². The van der Waals surface area contributed by atoms with Crippen LogP contribution in [-0.4, -0.2) is 32.5 Å². The third-order valence-corrected chi connectivity index (χ3v) is 5.06. The first-order chi connectivity index (χ1) is 10.1. The minimum Gasteiger partial charge on any atom is -0.378 e. The molecule has 21 heavy (non-hydrogen) atoms. The van der Waals surface area contributed by atoms with E-state index in [0.29, 0.717) is 16.0 Å². The Labute approximate surface area is 135 Å². The SMILES string of the molecule is CNC(c1cc(Cl)cc(Cl)c1)C1CCOC2(CCOC2)C1.